The van der Waals surface area contributed by atoms with Crippen LogP contribution in [0.15, 0.2) is 0 Å². The van der Waals surface area contributed by atoms with Crippen LogP contribution in [-0.4, -0.2) is 42.7 Å². The molecular weight excluding hydrogens is 236 g/mol. The van der Waals surface area contributed by atoms with Crippen molar-refractivity contribution in [3.05, 3.63) is 0 Å². The van der Waals surface area contributed by atoms with E-state index in [1.54, 1.807) is 0 Å². The van der Waals surface area contributed by atoms with Gasteiger partial charge in [0.05, 0.1) is 0 Å². The molecule has 0 saturated carbocycles. The number of hydrogen-bond acceptors (Lipinski definition) is 4. The van der Waals surface area contributed by atoms with Gasteiger partial charge in [0.15, 0.2) is 0 Å². The SMILES string of the molecule is CC(C)C(N)CN(CC(N)C(C)C)CC(N)C(C)C. The highest BCUT2D eigenvalue weighted by Gasteiger charge is 2.20. The van der Waals surface area contributed by atoms with Gasteiger partial charge in [-0.25, -0.2) is 0 Å². The molecule has 0 heterocycles. The summed E-state index contributed by atoms with van der Waals surface area (Å²) in [5.41, 5.74) is 18.6. The zero-order valence-corrected chi connectivity index (χ0v) is 13.8. The summed E-state index contributed by atoms with van der Waals surface area (Å²) in [5.74, 6) is 1.44. The Kier molecular flexibility index (Phi) is 8.83. The van der Waals surface area contributed by atoms with Gasteiger partial charge in [0.1, 0.15) is 0 Å². The van der Waals surface area contributed by atoms with E-state index in [1.165, 1.54) is 0 Å². The van der Waals surface area contributed by atoms with Crippen molar-refractivity contribution in [2.24, 2.45) is 35.0 Å². The zero-order valence-electron chi connectivity index (χ0n) is 13.8. The lowest BCUT2D eigenvalue weighted by Crippen LogP contribution is -2.51. The number of nitrogens with two attached hydrogens (primary N) is 3. The van der Waals surface area contributed by atoms with Gasteiger partial charge >= 0.3 is 0 Å². The van der Waals surface area contributed by atoms with Gasteiger partial charge in [-0.1, -0.05) is 41.5 Å². The molecule has 116 valence electrons. The summed E-state index contributed by atoms with van der Waals surface area (Å²) >= 11 is 0. The molecular formula is C15H36N4. The highest BCUT2D eigenvalue weighted by Crippen LogP contribution is 2.08. The van der Waals surface area contributed by atoms with Crippen LogP contribution >= 0.6 is 0 Å². The van der Waals surface area contributed by atoms with E-state index in [-0.39, 0.29) is 18.1 Å². The van der Waals surface area contributed by atoms with Crippen molar-refractivity contribution in [2.45, 2.75) is 59.7 Å². The van der Waals surface area contributed by atoms with Crippen LogP contribution in [0.5, 0.6) is 0 Å². The molecule has 0 fully saturated rings. The highest BCUT2D eigenvalue weighted by molar-refractivity contribution is 4.80. The molecule has 0 aliphatic rings. The fourth-order valence-electron chi connectivity index (χ4n) is 1.75. The highest BCUT2D eigenvalue weighted by atomic mass is 15.2. The van der Waals surface area contributed by atoms with Gasteiger partial charge in [0, 0.05) is 37.8 Å². The molecule has 0 amide bonds. The van der Waals surface area contributed by atoms with E-state index in [1.807, 2.05) is 0 Å². The molecule has 0 radical (unpaired) electrons. The fourth-order valence-corrected chi connectivity index (χ4v) is 1.75. The Morgan fingerprint density at radius 3 is 0.947 bits per heavy atom. The van der Waals surface area contributed by atoms with E-state index in [0.29, 0.717) is 17.8 Å². The topological polar surface area (TPSA) is 81.3 Å². The van der Waals surface area contributed by atoms with Gasteiger partial charge in [-0.3, -0.25) is 4.90 Å². The summed E-state index contributed by atoms with van der Waals surface area (Å²) in [6, 6.07) is 0.538. The largest absolute Gasteiger partial charge is 0.326 e. The van der Waals surface area contributed by atoms with Crippen molar-refractivity contribution < 1.29 is 0 Å². The third-order valence-electron chi connectivity index (χ3n) is 3.98. The van der Waals surface area contributed by atoms with Gasteiger partial charge < -0.3 is 17.2 Å². The monoisotopic (exact) mass is 272 g/mol. The van der Waals surface area contributed by atoms with Gasteiger partial charge in [0.25, 0.3) is 0 Å². The van der Waals surface area contributed by atoms with Crippen molar-refractivity contribution in [1.29, 1.82) is 0 Å². The van der Waals surface area contributed by atoms with Crippen LogP contribution in [-0.2, 0) is 0 Å². The molecule has 0 aromatic rings. The quantitative estimate of drug-likeness (QED) is 0.590. The zero-order chi connectivity index (χ0) is 15.2. The average molecular weight is 272 g/mol. The maximum absolute atomic E-state index is 6.20. The minimum Gasteiger partial charge on any atom is -0.326 e. The molecule has 0 saturated heterocycles. The van der Waals surface area contributed by atoms with Crippen LogP contribution in [0.1, 0.15) is 41.5 Å². The second kappa shape index (κ2) is 8.90. The molecule has 4 heteroatoms. The second-order valence-electron chi connectivity index (χ2n) is 6.94. The smallest absolute Gasteiger partial charge is 0.0191 e. The minimum atomic E-state index is 0.179. The van der Waals surface area contributed by atoms with E-state index in [0.717, 1.165) is 19.6 Å². The molecule has 0 bridgehead atoms. The molecule has 19 heavy (non-hydrogen) atoms. The number of rotatable bonds is 9. The Balaban J connectivity index is 4.54. The first-order valence-electron chi connectivity index (χ1n) is 7.64. The molecule has 3 atom stereocenters. The van der Waals surface area contributed by atoms with Crippen LogP contribution in [0.2, 0.25) is 0 Å². The average Bonchev–Trinajstić information content (AvgIpc) is 2.27. The van der Waals surface area contributed by atoms with Crippen molar-refractivity contribution in [3.63, 3.8) is 0 Å². The van der Waals surface area contributed by atoms with Crippen LogP contribution in [0, 0.1) is 17.8 Å². The number of nitrogens with zero attached hydrogens (tertiary/aromatic N) is 1. The standard InChI is InChI=1S/C15H36N4/c1-10(2)13(16)7-19(8-14(17)11(3)4)9-15(18)12(5)6/h10-15H,7-9,16-18H2,1-6H3. The van der Waals surface area contributed by atoms with E-state index in [4.69, 9.17) is 17.2 Å². The summed E-state index contributed by atoms with van der Waals surface area (Å²) in [5, 5.41) is 0. The van der Waals surface area contributed by atoms with Crippen LogP contribution in [0.25, 0.3) is 0 Å². The molecule has 0 aromatic carbocycles. The molecule has 0 aliphatic carbocycles. The lowest BCUT2D eigenvalue weighted by Gasteiger charge is -2.33. The normalized spacial score (nSPS) is 17.5. The van der Waals surface area contributed by atoms with Crippen LogP contribution in [0.3, 0.4) is 0 Å². The maximum atomic E-state index is 6.20. The van der Waals surface area contributed by atoms with Crippen molar-refractivity contribution in [3.8, 4) is 0 Å². The second-order valence-corrected chi connectivity index (χ2v) is 6.94. The van der Waals surface area contributed by atoms with Gasteiger partial charge in [-0.05, 0) is 17.8 Å². The molecule has 0 aromatic heterocycles. The summed E-state index contributed by atoms with van der Waals surface area (Å²) < 4.78 is 0. The Bertz CT molecular complexity index is 190. The summed E-state index contributed by atoms with van der Waals surface area (Å²) in [4.78, 5) is 2.35. The molecule has 4 nitrogen and oxygen atoms in total. The molecule has 0 rings (SSSR count). The van der Waals surface area contributed by atoms with Crippen LogP contribution < -0.4 is 17.2 Å². The van der Waals surface area contributed by atoms with E-state index >= 15 is 0 Å². The van der Waals surface area contributed by atoms with E-state index in [9.17, 15) is 0 Å². The Morgan fingerprint density at radius 1 is 0.579 bits per heavy atom. The van der Waals surface area contributed by atoms with Gasteiger partial charge in [-0.2, -0.15) is 0 Å². The predicted molar refractivity (Wildman–Crippen MR) is 84.9 cm³/mol. The molecule has 6 N–H and O–H groups in total. The Morgan fingerprint density at radius 2 is 0.789 bits per heavy atom. The van der Waals surface area contributed by atoms with Crippen LogP contribution in [0.4, 0.5) is 0 Å². The first kappa shape index (κ1) is 18.8. The van der Waals surface area contributed by atoms with E-state index in [2.05, 4.69) is 46.4 Å². The first-order chi connectivity index (χ1) is 8.65. The lowest BCUT2D eigenvalue weighted by atomic mass is 10.00. The first-order valence-corrected chi connectivity index (χ1v) is 7.64. The maximum Gasteiger partial charge on any atom is 0.0191 e. The molecule has 0 spiro atoms. The van der Waals surface area contributed by atoms with E-state index < -0.39 is 0 Å². The third-order valence-corrected chi connectivity index (χ3v) is 3.98. The Hall–Kier alpha value is -0.160. The lowest BCUT2D eigenvalue weighted by molar-refractivity contribution is 0.189. The third kappa shape index (κ3) is 7.88. The van der Waals surface area contributed by atoms with Crippen molar-refractivity contribution >= 4 is 0 Å². The van der Waals surface area contributed by atoms with Gasteiger partial charge in [0.2, 0.25) is 0 Å². The molecule has 3 unspecified atom stereocenters. The summed E-state index contributed by atoms with van der Waals surface area (Å²) in [6.45, 7) is 15.6. The number of hydrogen-bond donors (Lipinski definition) is 3. The van der Waals surface area contributed by atoms with Gasteiger partial charge in [-0.15, -0.1) is 0 Å². The molecule has 0 aliphatic heterocycles. The minimum absolute atomic E-state index is 0.179. The summed E-state index contributed by atoms with van der Waals surface area (Å²) in [7, 11) is 0. The fraction of sp³-hybridized carbons (Fsp3) is 1.00. The predicted octanol–water partition coefficient (Wildman–Crippen LogP) is 1.24. The van der Waals surface area contributed by atoms with Crippen molar-refractivity contribution in [2.75, 3.05) is 19.6 Å². The summed E-state index contributed by atoms with van der Waals surface area (Å²) in [6.07, 6.45) is 0. The Labute approximate surface area is 120 Å². The van der Waals surface area contributed by atoms with Crippen molar-refractivity contribution in [1.82, 2.24) is 4.90 Å².